The molecule has 0 unspecified atom stereocenters. The third kappa shape index (κ3) is 8.41. The number of piperazine rings is 1. The summed E-state index contributed by atoms with van der Waals surface area (Å²) in [5.74, 6) is 1.25. The van der Waals surface area contributed by atoms with Gasteiger partial charge in [0.2, 0.25) is 0 Å². The molecule has 1 fully saturated rings. The van der Waals surface area contributed by atoms with Gasteiger partial charge in [-0.3, -0.25) is 9.47 Å². The van der Waals surface area contributed by atoms with Crippen molar-refractivity contribution in [2.75, 3.05) is 44.3 Å². The molecule has 3 heterocycles. The lowest BCUT2D eigenvalue weighted by molar-refractivity contribution is -0.389. The Morgan fingerprint density at radius 2 is 1.60 bits per heavy atom. The van der Waals surface area contributed by atoms with Crippen LogP contribution in [-0.2, 0) is 19.3 Å². The molecule has 10 nitrogen and oxygen atoms in total. The van der Waals surface area contributed by atoms with Gasteiger partial charge in [-0.25, -0.2) is 0 Å². The third-order valence-corrected chi connectivity index (χ3v) is 8.11. The second-order valence-electron chi connectivity index (χ2n) is 11.4. The number of ether oxygens (including phenoxy) is 3. The largest absolute Gasteiger partial charge is 0.490 e. The molecule has 47 heavy (non-hydrogen) atoms. The summed E-state index contributed by atoms with van der Waals surface area (Å²) < 4.78 is 57.3. The van der Waals surface area contributed by atoms with E-state index in [4.69, 9.17) is 14.2 Å². The summed E-state index contributed by atoms with van der Waals surface area (Å²) in [6, 6.07) is 21.2. The zero-order valence-electron chi connectivity index (χ0n) is 25.5. The van der Waals surface area contributed by atoms with E-state index in [0.717, 1.165) is 62.0 Å². The molecule has 6 rings (SSSR count). The highest BCUT2D eigenvalue weighted by Gasteiger charge is 2.30. The first kappa shape index (κ1) is 31.9. The van der Waals surface area contributed by atoms with E-state index in [0.29, 0.717) is 31.7 Å². The zero-order chi connectivity index (χ0) is 32.8. The second-order valence-corrected chi connectivity index (χ2v) is 11.4. The van der Waals surface area contributed by atoms with Crippen LogP contribution < -0.4 is 19.1 Å². The first-order valence-electron chi connectivity index (χ1n) is 15.3. The number of aryl methyl sites for hydroxylation is 1. The van der Waals surface area contributed by atoms with Crippen LogP contribution in [-0.4, -0.2) is 64.9 Å². The number of alkyl halides is 3. The van der Waals surface area contributed by atoms with E-state index in [9.17, 15) is 23.3 Å². The number of hydrogen-bond acceptors (Lipinski definition) is 8. The molecule has 0 amide bonds. The van der Waals surface area contributed by atoms with Gasteiger partial charge in [-0.05, 0) is 70.7 Å². The van der Waals surface area contributed by atoms with E-state index in [1.54, 1.807) is 16.7 Å². The molecule has 13 heteroatoms. The molecule has 1 aromatic heterocycles. The van der Waals surface area contributed by atoms with Crippen LogP contribution in [0.1, 0.15) is 23.1 Å². The van der Waals surface area contributed by atoms with Crippen molar-refractivity contribution < 1.29 is 32.3 Å². The van der Waals surface area contributed by atoms with Gasteiger partial charge in [0.1, 0.15) is 37.0 Å². The van der Waals surface area contributed by atoms with Gasteiger partial charge < -0.3 is 29.2 Å². The maximum atomic E-state index is 12.7. The highest BCUT2D eigenvalue weighted by atomic mass is 19.4. The highest BCUT2D eigenvalue weighted by Crippen LogP contribution is 2.29. The number of benzene rings is 3. The van der Waals surface area contributed by atoms with E-state index in [2.05, 4.69) is 39.0 Å². The minimum absolute atomic E-state index is 0.218. The summed E-state index contributed by atoms with van der Waals surface area (Å²) in [6.45, 7) is 5.73. The Kier molecular flexibility index (Phi) is 9.62. The molecule has 4 aromatic rings. The van der Waals surface area contributed by atoms with Crippen molar-refractivity contribution in [2.45, 2.75) is 31.8 Å². The maximum Gasteiger partial charge on any atom is 0.416 e. The van der Waals surface area contributed by atoms with Crippen molar-refractivity contribution in [3.05, 3.63) is 112 Å². The van der Waals surface area contributed by atoms with Crippen molar-refractivity contribution >= 4 is 17.6 Å². The molecular formula is C34H34F3N5O5. The van der Waals surface area contributed by atoms with Gasteiger partial charge in [-0.2, -0.15) is 13.2 Å². The van der Waals surface area contributed by atoms with E-state index in [1.165, 1.54) is 23.9 Å². The van der Waals surface area contributed by atoms with Gasteiger partial charge >= 0.3 is 18.0 Å². The molecule has 0 bridgehead atoms. The van der Waals surface area contributed by atoms with Gasteiger partial charge in [0.15, 0.2) is 0 Å². The zero-order valence-corrected chi connectivity index (χ0v) is 25.5. The Hall–Kier alpha value is -5.04. The lowest BCUT2D eigenvalue weighted by Gasteiger charge is -2.36. The summed E-state index contributed by atoms with van der Waals surface area (Å²) in [5, 5.41) is 11.0. The lowest BCUT2D eigenvalue weighted by atomic mass is 10.1. The Bertz CT molecular complexity index is 1670. The fourth-order valence-electron chi connectivity index (χ4n) is 5.50. The smallest absolute Gasteiger partial charge is 0.416 e. The van der Waals surface area contributed by atoms with Gasteiger partial charge in [0.25, 0.3) is 0 Å². The fourth-order valence-corrected chi connectivity index (χ4v) is 5.50. The van der Waals surface area contributed by atoms with Gasteiger partial charge in [0.05, 0.1) is 5.56 Å². The molecule has 0 spiro atoms. The van der Waals surface area contributed by atoms with Crippen molar-refractivity contribution in [1.29, 1.82) is 0 Å². The lowest BCUT2D eigenvalue weighted by Crippen LogP contribution is -2.45. The monoisotopic (exact) mass is 649 g/mol. The van der Waals surface area contributed by atoms with E-state index in [-0.39, 0.29) is 17.9 Å². The number of imidazole rings is 1. The van der Waals surface area contributed by atoms with Crippen molar-refractivity contribution in [1.82, 2.24) is 14.5 Å². The SMILES string of the molecule is O=[N+]([O-])c1cn2c(n1)O[C@@H](COc1ccc(N3CCN(Cc4ccc(OC/C=C/c5ccc(C(F)(F)F)cc5)cc4)CC3)cc1)CC2. The van der Waals surface area contributed by atoms with Gasteiger partial charge in [-0.15, -0.1) is 0 Å². The number of aromatic nitrogens is 2. The average molecular weight is 650 g/mol. The first-order valence-corrected chi connectivity index (χ1v) is 15.3. The van der Waals surface area contributed by atoms with Crippen molar-refractivity contribution in [3.63, 3.8) is 0 Å². The van der Waals surface area contributed by atoms with Crippen LogP contribution in [0.15, 0.2) is 85.1 Å². The Morgan fingerprint density at radius 3 is 2.28 bits per heavy atom. The summed E-state index contributed by atoms with van der Waals surface area (Å²) in [4.78, 5) is 19.1. The standard InChI is InChI=1S/C34H34F3N5O5/c35-34(36,37)27-7-3-25(4-8-27)2-1-21-45-29-11-5-26(6-12-29)22-39-17-19-40(20-18-39)28-9-13-30(14-10-28)46-24-31-15-16-41-23-32(42(43)44)38-33(41)47-31/h1-14,23,31H,15-22,24H2/b2-1+/t31-/m1/s1. The topological polar surface area (TPSA) is 95.1 Å². The molecule has 2 aliphatic heterocycles. The van der Waals surface area contributed by atoms with Crippen molar-refractivity contribution in [3.8, 4) is 17.5 Å². The van der Waals surface area contributed by atoms with Crippen LogP contribution in [0.4, 0.5) is 24.7 Å². The highest BCUT2D eigenvalue weighted by molar-refractivity contribution is 5.50. The fraction of sp³-hybridized carbons (Fsp3) is 0.324. The summed E-state index contributed by atoms with van der Waals surface area (Å²) >= 11 is 0. The molecule has 0 radical (unpaired) electrons. The molecule has 1 atom stereocenters. The third-order valence-electron chi connectivity index (χ3n) is 8.11. The van der Waals surface area contributed by atoms with Crippen molar-refractivity contribution in [2.24, 2.45) is 0 Å². The number of fused-ring (bicyclic) bond motifs is 1. The molecule has 246 valence electrons. The van der Waals surface area contributed by atoms with Crippen LogP contribution in [0.3, 0.4) is 0 Å². The quantitative estimate of drug-likeness (QED) is 0.135. The number of nitro groups is 1. The van der Waals surface area contributed by atoms with Crippen LogP contribution in [0.5, 0.6) is 17.5 Å². The Labute approximate surface area is 269 Å². The summed E-state index contributed by atoms with van der Waals surface area (Å²) in [5.41, 5.74) is 2.34. The minimum atomic E-state index is -4.34. The molecule has 1 saturated heterocycles. The summed E-state index contributed by atoms with van der Waals surface area (Å²) in [6.07, 6.45) is 1.01. The normalized spacial score (nSPS) is 16.9. The Morgan fingerprint density at radius 1 is 0.915 bits per heavy atom. The molecule has 2 aliphatic rings. The molecular weight excluding hydrogens is 615 g/mol. The predicted octanol–water partition coefficient (Wildman–Crippen LogP) is 6.45. The molecule has 3 aromatic carbocycles. The predicted molar refractivity (Wildman–Crippen MR) is 170 cm³/mol. The molecule has 0 aliphatic carbocycles. The molecule has 0 N–H and O–H groups in total. The number of halogens is 3. The summed E-state index contributed by atoms with van der Waals surface area (Å²) in [7, 11) is 0. The van der Waals surface area contributed by atoms with Crippen LogP contribution >= 0.6 is 0 Å². The van der Waals surface area contributed by atoms with E-state index >= 15 is 0 Å². The van der Waals surface area contributed by atoms with Gasteiger partial charge in [0, 0.05) is 56.4 Å². The van der Waals surface area contributed by atoms with E-state index in [1.807, 2.05) is 24.3 Å². The minimum Gasteiger partial charge on any atom is -0.490 e. The van der Waals surface area contributed by atoms with E-state index < -0.39 is 16.7 Å². The van der Waals surface area contributed by atoms with Crippen LogP contribution in [0, 0.1) is 10.1 Å². The number of nitrogens with zero attached hydrogens (tertiary/aromatic N) is 5. The number of anilines is 1. The average Bonchev–Trinajstić information content (AvgIpc) is 3.51. The first-order chi connectivity index (χ1) is 22.7. The van der Waals surface area contributed by atoms with Gasteiger partial charge in [-0.1, -0.05) is 30.3 Å². The maximum absolute atomic E-state index is 12.7. The van der Waals surface area contributed by atoms with Crippen LogP contribution in [0.2, 0.25) is 0 Å². The molecule has 0 saturated carbocycles. The second kappa shape index (κ2) is 14.2. The number of hydrogen-bond donors (Lipinski definition) is 0. The Balaban J connectivity index is 0.895. The number of rotatable bonds is 11. The van der Waals surface area contributed by atoms with Crippen LogP contribution in [0.25, 0.3) is 6.08 Å².